The molecular weight excluding hydrogens is 310 g/mol. The molecule has 0 atom stereocenters. The molecule has 3 rings (SSSR count). The second kappa shape index (κ2) is 6.95. The highest BCUT2D eigenvalue weighted by atomic mass is 16.5. The van der Waals surface area contributed by atoms with Gasteiger partial charge in [0.15, 0.2) is 0 Å². The number of nitrogens with zero attached hydrogens (tertiary/aromatic N) is 3. The van der Waals surface area contributed by atoms with Crippen molar-refractivity contribution in [2.75, 3.05) is 37.0 Å². The summed E-state index contributed by atoms with van der Waals surface area (Å²) in [7, 11) is 1.46. The van der Waals surface area contributed by atoms with E-state index in [2.05, 4.69) is 20.6 Å². The lowest BCUT2D eigenvalue weighted by atomic mass is 10.2. The highest BCUT2D eigenvalue weighted by Gasteiger charge is 2.18. The van der Waals surface area contributed by atoms with Gasteiger partial charge in [0.2, 0.25) is 11.8 Å². The molecule has 124 valence electrons. The van der Waals surface area contributed by atoms with Crippen molar-refractivity contribution in [3.8, 4) is 5.88 Å². The number of hydrogen-bond acceptors (Lipinski definition) is 6. The Morgan fingerprint density at radius 3 is 2.92 bits per heavy atom. The molecule has 24 heavy (non-hydrogen) atoms. The summed E-state index contributed by atoms with van der Waals surface area (Å²) in [6, 6.07) is 6.82. The number of rotatable bonds is 4. The summed E-state index contributed by atoms with van der Waals surface area (Å²) in [5, 5.41) is 5.52. The molecule has 2 amide bonds. The monoisotopic (exact) mass is 327 g/mol. The summed E-state index contributed by atoms with van der Waals surface area (Å²) in [5.74, 6) is 0.608. The van der Waals surface area contributed by atoms with Crippen LogP contribution in [0.1, 0.15) is 10.4 Å². The van der Waals surface area contributed by atoms with Gasteiger partial charge in [-0.3, -0.25) is 9.59 Å². The van der Waals surface area contributed by atoms with Crippen LogP contribution in [0.2, 0.25) is 0 Å². The van der Waals surface area contributed by atoms with Crippen LogP contribution in [0.25, 0.3) is 0 Å². The number of hydrogen-bond donors (Lipinski definition) is 2. The predicted molar refractivity (Wildman–Crippen MR) is 88.2 cm³/mol. The number of nitrogens with one attached hydrogen (secondary N) is 2. The summed E-state index contributed by atoms with van der Waals surface area (Å²) >= 11 is 0. The van der Waals surface area contributed by atoms with E-state index in [1.165, 1.54) is 7.11 Å². The molecule has 1 aliphatic rings. The average Bonchev–Trinajstić information content (AvgIpc) is 2.62. The molecule has 0 saturated carbocycles. The van der Waals surface area contributed by atoms with E-state index in [0.29, 0.717) is 30.2 Å². The summed E-state index contributed by atoms with van der Waals surface area (Å²) in [4.78, 5) is 33.9. The van der Waals surface area contributed by atoms with Crippen molar-refractivity contribution in [3.63, 3.8) is 0 Å². The van der Waals surface area contributed by atoms with Crippen LogP contribution >= 0.6 is 0 Å². The van der Waals surface area contributed by atoms with Crippen LogP contribution in [-0.4, -0.2) is 48.5 Å². The van der Waals surface area contributed by atoms with Gasteiger partial charge in [0.05, 0.1) is 25.5 Å². The average molecular weight is 327 g/mol. The predicted octanol–water partition coefficient (Wildman–Crippen LogP) is 0.674. The Morgan fingerprint density at radius 1 is 1.33 bits per heavy atom. The number of pyridine rings is 2. The zero-order valence-corrected chi connectivity index (χ0v) is 13.2. The van der Waals surface area contributed by atoms with Gasteiger partial charge in [-0.05, 0) is 24.3 Å². The molecular formula is C16H17N5O3. The van der Waals surface area contributed by atoms with Crippen molar-refractivity contribution in [1.29, 1.82) is 0 Å². The maximum atomic E-state index is 12.3. The van der Waals surface area contributed by atoms with E-state index >= 15 is 0 Å². The minimum absolute atomic E-state index is 0.0240. The Hall–Kier alpha value is -3.16. The van der Waals surface area contributed by atoms with Gasteiger partial charge in [0.1, 0.15) is 11.4 Å². The smallest absolute Gasteiger partial charge is 0.261 e. The second-order valence-corrected chi connectivity index (χ2v) is 5.19. The molecule has 8 nitrogen and oxygen atoms in total. The summed E-state index contributed by atoms with van der Waals surface area (Å²) in [6.07, 6.45) is 3.11. The van der Waals surface area contributed by atoms with E-state index in [0.717, 1.165) is 0 Å². The minimum Gasteiger partial charge on any atom is -0.480 e. The van der Waals surface area contributed by atoms with Gasteiger partial charge >= 0.3 is 0 Å². The molecule has 1 fully saturated rings. The number of carbonyl (C=O) groups is 2. The zero-order chi connectivity index (χ0) is 16.9. The third-order valence-corrected chi connectivity index (χ3v) is 3.58. The molecule has 8 heteroatoms. The quantitative estimate of drug-likeness (QED) is 0.857. The zero-order valence-electron chi connectivity index (χ0n) is 13.2. The first-order valence-corrected chi connectivity index (χ1v) is 7.45. The van der Waals surface area contributed by atoms with Crippen molar-refractivity contribution in [3.05, 3.63) is 42.2 Å². The number of amides is 2. The maximum absolute atomic E-state index is 12.3. The Balaban J connectivity index is 1.70. The number of aromatic nitrogens is 2. The van der Waals surface area contributed by atoms with Gasteiger partial charge in [-0.15, -0.1) is 0 Å². The van der Waals surface area contributed by atoms with Crippen LogP contribution in [0.5, 0.6) is 5.88 Å². The van der Waals surface area contributed by atoms with Crippen LogP contribution < -0.4 is 20.3 Å². The maximum Gasteiger partial charge on any atom is 0.261 e. The van der Waals surface area contributed by atoms with Gasteiger partial charge in [-0.2, -0.15) is 0 Å². The van der Waals surface area contributed by atoms with Crippen molar-refractivity contribution >= 4 is 23.3 Å². The van der Waals surface area contributed by atoms with Gasteiger partial charge in [0.25, 0.3) is 5.91 Å². The molecule has 3 heterocycles. The fourth-order valence-corrected chi connectivity index (χ4v) is 2.41. The highest BCUT2D eigenvalue weighted by molar-refractivity contribution is 6.05. The van der Waals surface area contributed by atoms with E-state index in [4.69, 9.17) is 4.74 Å². The highest BCUT2D eigenvalue weighted by Crippen LogP contribution is 2.18. The van der Waals surface area contributed by atoms with Crippen LogP contribution in [0.15, 0.2) is 36.7 Å². The lowest BCUT2D eigenvalue weighted by molar-refractivity contribution is -0.120. The molecule has 0 unspecified atom stereocenters. The largest absolute Gasteiger partial charge is 0.480 e. The van der Waals surface area contributed by atoms with Crippen molar-refractivity contribution in [1.82, 2.24) is 15.3 Å². The van der Waals surface area contributed by atoms with E-state index in [-0.39, 0.29) is 24.2 Å². The SMILES string of the molecule is COc1ncccc1C(=O)Nc1ccc(N2CCNC(=O)C2)nc1. The topological polar surface area (TPSA) is 96.5 Å². The van der Waals surface area contributed by atoms with E-state index in [9.17, 15) is 9.59 Å². The van der Waals surface area contributed by atoms with Crippen molar-refractivity contribution in [2.24, 2.45) is 0 Å². The standard InChI is InChI=1S/C16H17N5O3/c1-24-16-12(3-2-6-18-16)15(23)20-11-4-5-13(19-9-11)21-8-7-17-14(22)10-21/h2-6,9H,7-8,10H2,1H3,(H,17,22)(H,20,23). The number of ether oxygens (including phenoxy) is 1. The first kappa shape index (κ1) is 15.7. The van der Waals surface area contributed by atoms with E-state index in [1.807, 2.05) is 4.90 Å². The van der Waals surface area contributed by atoms with Gasteiger partial charge in [-0.1, -0.05) is 0 Å². The Bertz CT molecular complexity index is 748. The molecule has 0 bridgehead atoms. The first-order chi connectivity index (χ1) is 11.7. The Kier molecular flexibility index (Phi) is 4.55. The molecule has 1 saturated heterocycles. The molecule has 2 N–H and O–H groups in total. The third kappa shape index (κ3) is 3.43. The molecule has 2 aromatic rings. The summed E-state index contributed by atoms with van der Waals surface area (Å²) in [5.41, 5.74) is 0.896. The molecule has 0 radical (unpaired) electrons. The molecule has 1 aliphatic heterocycles. The Morgan fingerprint density at radius 2 is 2.21 bits per heavy atom. The van der Waals surface area contributed by atoms with Gasteiger partial charge in [-0.25, -0.2) is 9.97 Å². The van der Waals surface area contributed by atoms with Crippen molar-refractivity contribution < 1.29 is 14.3 Å². The van der Waals surface area contributed by atoms with Crippen LogP contribution in [0.4, 0.5) is 11.5 Å². The molecule has 0 aromatic carbocycles. The fourth-order valence-electron chi connectivity index (χ4n) is 2.41. The lowest BCUT2D eigenvalue weighted by Gasteiger charge is -2.27. The van der Waals surface area contributed by atoms with E-state index in [1.54, 1.807) is 36.7 Å². The van der Waals surface area contributed by atoms with Gasteiger partial charge in [0, 0.05) is 19.3 Å². The first-order valence-electron chi connectivity index (χ1n) is 7.45. The number of piperazine rings is 1. The molecule has 2 aromatic heterocycles. The van der Waals surface area contributed by atoms with Crippen LogP contribution in [0.3, 0.4) is 0 Å². The summed E-state index contributed by atoms with van der Waals surface area (Å²) in [6.45, 7) is 1.59. The van der Waals surface area contributed by atoms with Crippen molar-refractivity contribution in [2.45, 2.75) is 0 Å². The van der Waals surface area contributed by atoms with E-state index < -0.39 is 0 Å². The number of methoxy groups -OCH3 is 1. The minimum atomic E-state index is -0.327. The Labute approximate surface area is 138 Å². The second-order valence-electron chi connectivity index (χ2n) is 5.19. The third-order valence-electron chi connectivity index (χ3n) is 3.58. The molecule has 0 aliphatic carbocycles. The lowest BCUT2D eigenvalue weighted by Crippen LogP contribution is -2.48. The van der Waals surface area contributed by atoms with Crippen LogP contribution in [0, 0.1) is 0 Å². The fraction of sp³-hybridized carbons (Fsp3) is 0.250. The van der Waals surface area contributed by atoms with Crippen LogP contribution in [-0.2, 0) is 4.79 Å². The molecule has 0 spiro atoms. The van der Waals surface area contributed by atoms with Gasteiger partial charge < -0.3 is 20.3 Å². The number of carbonyl (C=O) groups excluding carboxylic acids is 2. The number of anilines is 2. The summed E-state index contributed by atoms with van der Waals surface area (Å²) < 4.78 is 5.08. The normalized spacial score (nSPS) is 14.0.